The van der Waals surface area contributed by atoms with E-state index >= 15 is 0 Å². The highest BCUT2D eigenvalue weighted by atomic mass is 16.4. The third-order valence-electron chi connectivity index (χ3n) is 3.83. The summed E-state index contributed by atoms with van der Waals surface area (Å²) in [6.07, 6.45) is 1.91. The SMILES string of the molecule is CN(C)Cc1ccc(C(=O)NC2CCC(C(=O)O)C2)cc1. The summed E-state index contributed by atoms with van der Waals surface area (Å²) in [7, 11) is 4.00. The number of hydrogen-bond acceptors (Lipinski definition) is 3. The molecule has 1 aliphatic rings. The van der Waals surface area contributed by atoms with Crippen molar-refractivity contribution in [2.45, 2.75) is 31.8 Å². The number of benzene rings is 1. The summed E-state index contributed by atoms with van der Waals surface area (Å²) in [4.78, 5) is 25.1. The summed E-state index contributed by atoms with van der Waals surface area (Å²) in [5, 5.41) is 11.9. The molecule has 0 heterocycles. The molecule has 5 heteroatoms. The fourth-order valence-corrected chi connectivity index (χ4v) is 2.73. The monoisotopic (exact) mass is 290 g/mol. The van der Waals surface area contributed by atoms with Crippen LogP contribution in [0.3, 0.4) is 0 Å². The number of carboxylic acids is 1. The van der Waals surface area contributed by atoms with Gasteiger partial charge in [0.1, 0.15) is 0 Å². The molecular weight excluding hydrogens is 268 g/mol. The van der Waals surface area contributed by atoms with Gasteiger partial charge in [0.05, 0.1) is 5.92 Å². The molecule has 0 spiro atoms. The fourth-order valence-electron chi connectivity index (χ4n) is 2.73. The van der Waals surface area contributed by atoms with Crippen LogP contribution < -0.4 is 5.32 Å². The van der Waals surface area contributed by atoms with Crippen LogP contribution in [0.4, 0.5) is 0 Å². The predicted octanol–water partition coefficient (Wildman–Crippen LogP) is 1.73. The van der Waals surface area contributed by atoms with Crippen molar-refractivity contribution in [1.29, 1.82) is 0 Å². The van der Waals surface area contributed by atoms with Gasteiger partial charge in [-0.15, -0.1) is 0 Å². The molecular formula is C16H22N2O3. The smallest absolute Gasteiger partial charge is 0.306 e. The Morgan fingerprint density at radius 1 is 1.24 bits per heavy atom. The molecule has 2 atom stereocenters. The highest BCUT2D eigenvalue weighted by molar-refractivity contribution is 5.94. The van der Waals surface area contributed by atoms with Crippen molar-refractivity contribution in [2.75, 3.05) is 14.1 Å². The fraction of sp³-hybridized carbons (Fsp3) is 0.500. The highest BCUT2D eigenvalue weighted by Gasteiger charge is 2.30. The second-order valence-electron chi connectivity index (χ2n) is 5.95. The van der Waals surface area contributed by atoms with E-state index in [0.29, 0.717) is 18.4 Å². The number of carboxylic acid groups (broad SMARTS) is 1. The van der Waals surface area contributed by atoms with E-state index in [0.717, 1.165) is 18.5 Å². The Balaban J connectivity index is 1.90. The van der Waals surface area contributed by atoms with Crippen molar-refractivity contribution < 1.29 is 14.7 Å². The summed E-state index contributed by atoms with van der Waals surface area (Å²) in [5.41, 5.74) is 1.78. The van der Waals surface area contributed by atoms with Crippen molar-refractivity contribution in [3.8, 4) is 0 Å². The summed E-state index contributed by atoms with van der Waals surface area (Å²) in [6.45, 7) is 0.838. The minimum absolute atomic E-state index is 0.0277. The maximum Gasteiger partial charge on any atom is 0.306 e. The van der Waals surface area contributed by atoms with E-state index in [-0.39, 0.29) is 17.9 Å². The van der Waals surface area contributed by atoms with Gasteiger partial charge in [-0.1, -0.05) is 12.1 Å². The van der Waals surface area contributed by atoms with E-state index in [1.807, 2.05) is 38.4 Å². The van der Waals surface area contributed by atoms with Gasteiger partial charge in [0.2, 0.25) is 0 Å². The number of aliphatic carboxylic acids is 1. The quantitative estimate of drug-likeness (QED) is 0.866. The number of nitrogens with zero attached hydrogens (tertiary/aromatic N) is 1. The van der Waals surface area contributed by atoms with Crippen molar-refractivity contribution in [3.05, 3.63) is 35.4 Å². The molecule has 21 heavy (non-hydrogen) atoms. The molecule has 1 saturated carbocycles. The Bertz CT molecular complexity index is 511. The van der Waals surface area contributed by atoms with Gasteiger partial charge < -0.3 is 15.3 Å². The maximum absolute atomic E-state index is 12.1. The Kier molecular flexibility index (Phi) is 4.96. The normalized spacial score (nSPS) is 21.5. The van der Waals surface area contributed by atoms with Gasteiger partial charge in [-0.3, -0.25) is 9.59 Å². The number of hydrogen-bond donors (Lipinski definition) is 2. The molecule has 1 aromatic rings. The average molecular weight is 290 g/mol. The van der Waals surface area contributed by atoms with Crippen LogP contribution in [0.2, 0.25) is 0 Å². The predicted molar refractivity (Wildman–Crippen MR) is 80.1 cm³/mol. The molecule has 2 unspecified atom stereocenters. The largest absolute Gasteiger partial charge is 0.481 e. The first-order chi connectivity index (χ1) is 9.95. The van der Waals surface area contributed by atoms with Crippen molar-refractivity contribution >= 4 is 11.9 Å². The molecule has 2 N–H and O–H groups in total. The van der Waals surface area contributed by atoms with Crippen LogP contribution in [-0.2, 0) is 11.3 Å². The van der Waals surface area contributed by atoms with Gasteiger partial charge in [-0.2, -0.15) is 0 Å². The first-order valence-electron chi connectivity index (χ1n) is 7.23. The number of carbonyl (C=O) groups excluding carboxylic acids is 1. The number of rotatable bonds is 5. The molecule has 1 amide bonds. The van der Waals surface area contributed by atoms with Crippen LogP contribution in [0, 0.1) is 5.92 Å². The molecule has 1 aromatic carbocycles. The van der Waals surface area contributed by atoms with Crippen LogP contribution in [0.15, 0.2) is 24.3 Å². The lowest BCUT2D eigenvalue weighted by atomic mass is 10.1. The van der Waals surface area contributed by atoms with Crippen molar-refractivity contribution in [3.63, 3.8) is 0 Å². The van der Waals surface area contributed by atoms with Crippen molar-refractivity contribution in [1.82, 2.24) is 10.2 Å². The lowest BCUT2D eigenvalue weighted by Crippen LogP contribution is -2.33. The Hall–Kier alpha value is -1.88. The minimum Gasteiger partial charge on any atom is -0.481 e. The molecule has 5 nitrogen and oxygen atoms in total. The first-order valence-corrected chi connectivity index (χ1v) is 7.23. The van der Waals surface area contributed by atoms with Gasteiger partial charge in [0, 0.05) is 18.2 Å². The summed E-state index contributed by atoms with van der Waals surface area (Å²) >= 11 is 0. The van der Waals surface area contributed by atoms with Crippen LogP contribution >= 0.6 is 0 Å². The van der Waals surface area contributed by atoms with Gasteiger partial charge in [-0.25, -0.2) is 0 Å². The third-order valence-corrected chi connectivity index (χ3v) is 3.83. The van der Waals surface area contributed by atoms with Crippen LogP contribution in [-0.4, -0.2) is 42.0 Å². The molecule has 0 bridgehead atoms. The first kappa shape index (κ1) is 15.5. The summed E-state index contributed by atoms with van der Waals surface area (Å²) < 4.78 is 0. The Morgan fingerprint density at radius 2 is 1.90 bits per heavy atom. The molecule has 0 saturated heterocycles. The van der Waals surface area contributed by atoms with Gasteiger partial charge in [0.15, 0.2) is 0 Å². The van der Waals surface area contributed by atoms with E-state index in [2.05, 4.69) is 10.2 Å². The topological polar surface area (TPSA) is 69.6 Å². The lowest BCUT2D eigenvalue weighted by Gasteiger charge is -2.13. The van der Waals surface area contributed by atoms with Crippen LogP contribution in [0.25, 0.3) is 0 Å². The molecule has 0 radical (unpaired) electrons. The summed E-state index contributed by atoms with van der Waals surface area (Å²) in [6, 6.07) is 7.50. The third kappa shape index (κ3) is 4.29. The lowest BCUT2D eigenvalue weighted by molar-refractivity contribution is -0.141. The van der Waals surface area contributed by atoms with E-state index < -0.39 is 5.97 Å². The van der Waals surface area contributed by atoms with Gasteiger partial charge >= 0.3 is 5.97 Å². The number of amides is 1. The number of nitrogens with one attached hydrogen (secondary N) is 1. The molecule has 0 aliphatic heterocycles. The van der Waals surface area contributed by atoms with E-state index in [9.17, 15) is 9.59 Å². The molecule has 0 aromatic heterocycles. The van der Waals surface area contributed by atoms with Crippen molar-refractivity contribution in [2.24, 2.45) is 5.92 Å². The van der Waals surface area contributed by atoms with E-state index in [4.69, 9.17) is 5.11 Å². The summed E-state index contributed by atoms with van der Waals surface area (Å²) in [5.74, 6) is -1.21. The second-order valence-corrected chi connectivity index (χ2v) is 5.95. The van der Waals surface area contributed by atoms with Crippen LogP contribution in [0.1, 0.15) is 35.2 Å². The molecule has 2 rings (SSSR count). The second kappa shape index (κ2) is 6.72. The Labute approximate surface area is 125 Å². The zero-order chi connectivity index (χ0) is 15.4. The zero-order valence-corrected chi connectivity index (χ0v) is 12.5. The standard InChI is InChI=1S/C16H22N2O3/c1-18(2)10-11-3-5-12(6-4-11)15(19)17-14-8-7-13(9-14)16(20)21/h3-6,13-14H,7-10H2,1-2H3,(H,17,19)(H,20,21). The highest BCUT2D eigenvalue weighted by Crippen LogP contribution is 2.25. The number of carbonyl (C=O) groups is 2. The Morgan fingerprint density at radius 3 is 2.43 bits per heavy atom. The molecule has 1 fully saturated rings. The minimum atomic E-state index is -0.764. The molecule has 1 aliphatic carbocycles. The van der Waals surface area contributed by atoms with Gasteiger partial charge in [0.25, 0.3) is 5.91 Å². The van der Waals surface area contributed by atoms with Gasteiger partial charge in [-0.05, 0) is 51.1 Å². The zero-order valence-electron chi connectivity index (χ0n) is 12.5. The van der Waals surface area contributed by atoms with Crippen LogP contribution in [0.5, 0.6) is 0 Å². The molecule has 114 valence electrons. The average Bonchev–Trinajstić information content (AvgIpc) is 2.87. The maximum atomic E-state index is 12.1. The van der Waals surface area contributed by atoms with E-state index in [1.54, 1.807) is 0 Å². The van der Waals surface area contributed by atoms with E-state index in [1.165, 1.54) is 0 Å².